The van der Waals surface area contributed by atoms with Gasteiger partial charge in [-0.15, -0.1) is 11.3 Å². The van der Waals surface area contributed by atoms with Crippen molar-refractivity contribution in [3.63, 3.8) is 0 Å². The average Bonchev–Trinajstić information content (AvgIpc) is 2.93. The Balaban J connectivity index is 1.72. The number of nitrogens with one attached hydrogen (secondary N) is 1. The summed E-state index contributed by atoms with van der Waals surface area (Å²) in [6.07, 6.45) is 5.09. The van der Waals surface area contributed by atoms with Crippen LogP contribution in [-0.2, 0) is 6.42 Å². The average molecular weight is 364 g/mol. The van der Waals surface area contributed by atoms with Crippen LogP contribution in [0.3, 0.4) is 0 Å². The van der Waals surface area contributed by atoms with Gasteiger partial charge in [0.2, 0.25) is 0 Å². The van der Waals surface area contributed by atoms with Crippen LogP contribution >= 0.6 is 27.3 Å². The first-order valence-electron chi connectivity index (χ1n) is 7.72. The van der Waals surface area contributed by atoms with Crippen LogP contribution in [0, 0.1) is 5.92 Å². The fourth-order valence-corrected chi connectivity index (χ4v) is 5.19. The van der Waals surface area contributed by atoms with Gasteiger partial charge in [-0.3, -0.25) is 0 Å². The topological polar surface area (TPSA) is 12.0 Å². The molecule has 0 spiro atoms. The highest BCUT2D eigenvalue weighted by atomic mass is 79.9. The maximum Gasteiger partial charge on any atom is 0.0701 e. The molecule has 0 bridgehead atoms. The van der Waals surface area contributed by atoms with Crippen LogP contribution < -0.4 is 5.32 Å². The Kier molecular flexibility index (Phi) is 5.15. The van der Waals surface area contributed by atoms with Crippen molar-refractivity contribution < 1.29 is 0 Å². The molecule has 1 aliphatic carbocycles. The highest BCUT2D eigenvalue weighted by Gasteiger charge is 2.30. The number of hydrogen-bond donors (Lipinski definition) is 1. The minimum Gasteiger partial charge on any atom is -0.317 e. The molecule has 3 rings (SSSR count). The maximum atomic E-state index is 3.58. The quantitative estimate of drug-likeness (QED) is 0.784. The zero-order chi connectivity index (χ0) is 14.7. The van der Waals surface area contributed by atoms with E-state index >= 15 is 0 Å². The monoisotopic (exact) mass is 363 g/mol. The number of rotatable bonds is 4. The Bertz CT molecular complexity index is 566. The van der Waals surface area contributed by atoms with Crippen LogP contribution in [-0.4, -0.2) is 13.1 Å². The first kappa shape index (κ1) is 15.3. The van der Waals surface area contributed by atoms with Gasteiger partial charge in [-0.05, 0) is 78.2 Å². The highest BCUT2D eigenvalue weighted by molar-refractivity contribution is 9.11. The molecule has 3 unspecified atom stereocenters. The SMILES string of the molecule is CNC1CCC(c2ccccc2)CC1Cc1ccc(Br)s1. The molecular weight excluding hydrogens is 342 g/mol. The van der Waals surface area contributed by atoms with Gasteiger partial charge in [0.25, 0.3) is 0 Å². The van der Waals surface area contributed by atoms with E-state index in [2.05, 4.69) is 70.8 Å². The van der Waals surface area contributed by atoms with Crippen molar-refractivity contribution >= 4 is 27.3 Å². The van der Waals surface area contributed by atoms with Crippen LogP contribution in [0.4, 0.5) is 0 Å². The molecule has 1 aromatic heterocycles. The molecule has 0 aliphatic heterocycles. The van der Waals surface area contributed by atoms with Gasteiger partial charge in [-0.2, -0.15) is 0 Å². The maximum absolute atomic E-state index is 3.58. The molecule has 112 valence electrons. The van der Waals surface area contributed by atoms with Gasteiger partial charge >= 0.3 is 0 Å². The highest BCUT2D eigenvalue weighted by Crippen LogP contribution is 2.38. The second-order valence-electron chi connectivity index (χ2n) is 5.99. The summed E-state index contributed by atoms with van der Waals surface area (Å²) in [6, 6.07) is 16.1. The first-order valence-corrected chi connectivity index (χ1v) is 9.33. The fourth-order valence-electron chi connectivity index (χ4n) is 3.62. The van der Waals surface area contributed by atoms with Crippen molar-refractivity contribution in [2.75, 3.05) is 7.05 Å². The van der Waals surface area contributed by atoms with Crippen LogP contribution in [0.15, 0.2) is 46.3 Å². The Labute approximate surface area is 139 Å². The molecule has 1 heterocycles. The lowest BCUT2D eigenvalue weighted by Gasteiger charge is -2.36. The van der Waals surface area contributed by atoms with E-state index < -0.39 is 0 Å². The van der Waals surface area contributed by atoms with E-state index in [0.29, 0.717) is 6.04 Å². The molecule has 0 amide bonds. The Morgan fingerprint density at radius 3 is 2.62 bits per heavy atom. The lowest BCUT2D eigenvalue weighted by atomic mass is 9.74. The molecular formula is C18H22BrNS. The fraction of sp³-hybridized carbons (Fsp3) is 0.444. The Hall–Kier alpha value is -0.640. The Morgan fingerprint density at radius 2 is 1.95 bits per heavy atom. The van der Waals surface area contributed by atoms with Crippen LogP contribution in [0.5, 0.6) is 0 Å². The van der Waals surface area contributed by atoms with E-state index in [1.54, 1.807) is 0 Å². The summed E-state index contributed by atoms with van der Waals surface area (Å²) in [7, 11) is 2.12. The molecule has 21 heavy (non-hydrogen) atoms. The zero-order valence-corrected chi connectivity index (χ0v) is 14.8. The predicted molar refractivity (Wildman–Crippen MR) is 95.1 cm³/mol. The molecule has 1 aromatic carbocycles. The second-order valence-corrected chi connectivity index (χ2v) is 8.53. The third-order valence-corrected chi connectivity index (χ3v) is 6.36. The van der Waals surface area contributed by atoms with E-state index in [9.17, 15) is 0 Å². The van der Waals surface area contributed by atoms with Crippen LogP contribution in [0.2, 0.25) is 0 Å². The normalized spacial score (nSPS) is 25.9. The number of hydrogen-bond acceptors (Lipinski definition) is 2. The van der Waals surface area contributed by atoms with Crippen LogP contribution in [0.1, 0.15) is 35.6 Å². The van der Waals surface area contributed by atoms with E-state index in [1.165, 1.54) is 39.9 Å². The van der Waals surface area contributed by atoms with Gasteiger partial charge in [-0.25, -0.2) is 0 Å². The lowest BCUT2D eigenvalue weighted by Crippen LogP contribution is -2.39. The summed E-state index contributed by atoms with van der Waals surface area (Å²) in [6.45, 7) is 0. The molecule has 0 saturated heterocycles. The van der Waals surface area contributed by atoms with E-state index in [0.717, 1.165) is 11.8 Å². The molecule has 0 radical (unpaired) electrons. The summed E-state index contributed by atoms with van der Waals surface area (Å²) < 4.78 is 1.24. The third kappa shape index (κ3) is 3.77. The third-order valence-electron chi connectivity index (χ3n) is 4.72. The molecule has 1 aliphatic rings. The molecule has 2 aromatic rings. The summed E-state index contributed by atoms with van der Waals surface area (Å²) >= 11 is 5.46. The standard InChI is InChI=1S/C18H22BrNS/c1-20-17-9-7-14(13-5-3-2-4-6-13)11-15(17)12-16-8-10-18(19)21-16/h2-6,8,10,14-15,17,20H,7,9,11-12H2,1H3. The van der Waals surface area contributed by atoms with Crippen molar-refractivity contribution in [2.45, 2.75) is 37.6 Å². The molecule has 3 atom stereocenters. The summed E-state index contributed by atoms with van der Waals surface area (Å²) in [4.78, 5) is 1.50. The van der Waals surface area contributed by atoms with Crippen molar-refractivity contribution in [1.29, 1.82) is 0 Å². The summed E-state index contributed by atoms with van der Waals surface area (Å²) in [5, 5.41) is 3.55. The molecule has 1 nitrogen and oxygen atoms in total. The van der Waals surface area contributed by atoms with E-state index in [4.69, 9.17) is 0 Å². The van der Waals surface area contributed by atoms with Crippen molar-refractivity contribution in [3.8, 4) is 0 Å². The van der Waals surface area contributed by atoms with E-state index in [-0.39, 0.29) is 0 Å². The molecule has 1 N–H and O–H groups in total. The van der Waals surface area contributed by atoms with Crippen molar-refractivity contribution in [2.24, 2.45) is 5.92 Å². The zero-order valence-electron chi connectivity index (χ0n) is 12.4. The van der Waals surface area contributed by atoms with Gasteiger partial charge in [0.15, 0.2) is 0 Å². The van der Waals surface area contributed by atoms with Gasteiger partial charge in [0.05, 0.1) is 3.79 Å². The summed E-state index contributed by atoms with van der Waals surface area (Å²) in [5.41, 5.74) is 1.52. The predicted octanol–water partition coefficient (Wildman–Crippen LogP) is 5.23. The first-order chi connectivity index (χ1) is 10.3. The molecule has 1 fully saturated rings. The number of benzene rings is 1. The molecule has 1 saturated carbocycles. The second kappa shape index (κ2) is 7.08. The van der Waals surface area contributed by atoms with Gasteiger partial charge in [0.1, 0.15) is 0 Å². The van der Waals surface area contributed by atoms with E-state index in [1.807, 2.05) is 11.3 Å². The lowest BCUT2D eigenvalue weighted by molar-refractivity contribution is 0.249. The minimum absolute atomic E-state index is 0.658. The number of halogens is 1. The van der Waals surface area contributed by atoms with Gasteiger partial charge < -0.3 is 5.32 Å². The van der Waals surface area contributed by atoms with Crippen molar-refractivity contribution in [1.82, 2.24) is 5.32 Å². The molecule has 3 heteroatoms. The number of thiophene rings is 1. The Morgan fingerprint density at radius 1 is 1.14 bits per heavy atom. The van der Waals surface area contributed by atoms with Crippen molar-refractivity contribution in [3.05, 3.63) is 56.7 Å². The van der Waals surface area contributed by atoms with Gasteiger partial charge in [0, 0.05) is 10.9 Å². The van der Waals surface area contributed by atoms with Crippen LogP contribution in [0.25, 0.3) is 0 Å². The van der Waals surface area contributed by atoms with Gasteiger partial charge in [-0.1, -0.05) is 30.3 Å². The summed E-state index contributed by atoms with van der Waals surface area (Å²) in [5.74, 6) is 1.46. The smallest absolute Gasteiger partial charge is 0.0701 e. The minimum atomic E-state index is 0.658. The largest absolute Gasteiger partial charge is 0.317 e.